The molecule has 2 saturated heterocycles. The Labute approximate surface area is 219 Å². The van der Waals surface area contributed by atoms with Crippen LogP contribution in [0.3, 0.4) is 0 Å². The van der Waals surface area contributed by atoms with Gasteiger partial charge in [-0.1, -0.05) is 0 Å². The van der Waals surface area contributed by atoms with E-state index >= 15 is 0 Å². The molecule has 38 heavy (non-hydrogen) atoms. The highest BCUT2D eigenvalue weighted by Gasteiger charge is 2.31. The first-order chi connectivity index (χ1) is 18.1. The highest BCUT2D eigenvalue weighted by molar-refractivity contribution is 7.80. The SMILES string of the molecule is COc1c(F)c(F)c(C(=O)NC(=S)N2CCN(c3ccc([N+](=O)[O-])c(N4CCOCC4)c3)CC2)c(F)c1F. The first kappa shape index (κ1) is 27.3. The number of carbonyl (C=O) groups excluding carboxylic acids is 1. The second-order valence-corrected chi connectivity index (χ2v) is 8.81. The van der Waals surface area contributed by atoms with Crippen molar-refractivity contribution in [1.82, 2.24) is 10.2 Å². The average molecular weight is 558 g/mol. The monoisotopic (exact) mass is 557 g/mol. The van der Waals surface area contributed by atoms with E-state index in [1.807, 2.05) is 9.80 Å². The van der Waals surface area contributed by atoms with Crippen LogP contribution in [0, 0.1) is 33.4 Å². The number of carbonyl (C=O) groups is 1. The van der Waals surface area contributed by atoms with Crippen LogP contribution in [-0.4, -0.2) is 80.4 Å². The van der Waals surface area contributed by atoms with Crippen LogP contribution in [0.1, 0.15) is 10.4 Å². The number of hydrogen-bond donors (Lipinski definition) is 1. The number of piperazine rings is 1. The Kier molecular flexibility index (Phi) is 8.16. The van der Waals surface area contributed by atoms with Gasteiger partial charge in [-0.3, -0.25) is 20.2 Å². The predicted octanol–water partition coefficient (Wildman–Crippen LogP) is 2.83. The van der Waals surface area contributed by atoms with E-state index in [4.69, 9.17) is 17.0 Å². The number of nitro benzene ring substituents is 1. The van der Waals surface area contributed by atoms with Crippen molar-refractivity contribution in [2.45, 2.75) is 0 Å². The first-order valence-corrected chi connectivity index (χ1v) is 11.9. The maximum atomic E-state index is 14.3. The molecule has 2 aliphatic heterocycles. The lowest BCUT2D eigenvalue weighted by atomic mass is 10.1. The zero-order valence-electron chi connectivity index (χ0n) is 20.1. The summed E-state index contributed by atoms with van der Waals surface area (Å²) in [7, 11) is 0.828. The van der Waals surface area contributed by atoms with Gasteiger partial charge in [-0.05, 0) is 24.4 Å². The molecule has 0 atom stereocenters. The molecule has 2 aromatic rings. The summed E-state index contributed by atoms with van der Waals surface area (Å²) in [6, 6.07) is 4.85. The first-order valence-electron chi connectivity index (χ1n) is 11.5. The minimum absolute atomic E-state index is 0.0101. The highest BCUT2D eigenvalue weighted by atomic mass is 32.1. The van der Waals surface area contributed by atoms with Crippen molar-refractivity contribution >= 4 is 40.3 Å². The third-order valence-corrected chi connectivity index (χ3v) is 6.67. The molecule has 1 amide bonds. The quantitative estimate of drug-likeness (QED) is 0.196. The zero-order valence-corrected chi connectivity index (χ0v) is 21.0. The molecule has 204 valence electrons. The standard InChI is InChI=1S/C23H23F4N5O5S/c1-36-21-19(26)17(24)16(18(25)20(21)27)22(33)28-23(38)31-6-4-29(5-7-31)13-2-3-14(32(34)35)15(12-13)30-8-10-37-11-9-30/h2-3,12H,4-11H2,1H3,(H,28,33,38). The molecule has 0 saturated carbocycles. The van der Waals surface area contributed by atoms with Crippen LogP contribution in [0.15, 0.2) is 18.2 Å². The Morgan fingerprint density at radius 2 is 1.61 bits per heavy atom. The molecule has 2 aliphatic rings. The molecule has 1 N–H and O–H groups in total. The number of benzene rings is 2. The summed E-state index contributed by atoms with van der Waals surface area (Å²) in [4.78, 5) is 29.0. The van der Waals surface area contributed by atoms with E-state index in [0.29, 0.717) is 58.2 Å². The molecule has 2 aromatic carbocycles. The smallest absolute Gasteiger partial charge is 0.292 e. The molecule has 0 radical (unpaired) electrons. The van der Waals surface area contributed by atoms with Crippen molar-refractivity contribution in [3.05, 3.63) is 57.1 Å². The van der Waals surface area contributed by atoms with E-state index in [0.717, 1.165) is 12.8 Å². The van der Waals surface area contributed by atoms with Gasteiger partial charge in [0.05, 0.1) is 25.2 Å². The number of rotatable bonds is 5. The molecule has 2 fully saturated rings. The Morgan fingerprint density at radius 1 is 1.00 bits per heavy atom. The molecular weight excluding hydrogens is 534 g/mol. The Balaban J connectivity index is 1.43. The number of nitrogens with one attached hydrogen (secondary N) is 1. The van der Waals surface area contributed by atoms with Crippen molar-refractivity contribution in [2.24, 2.45) is 0 Å². The van der Waals surface area contributed by atoms with Gasteiger partial charge in [0.25, 0.3) is 11.6 Å². The third kappa shape index (κ3) is 5.29. The van der Waals surface area contributed by atoms with Crippen molar-refractivity contribution in [1.29, 1.82) is 0 Å². The number of hydrogen-bond acceptors (Lipinski definition) is 8. The molecule has 4 rings (SSSR count). The largest absolute Gasteiger partial charge is 0.491 e. The van der Waals surface area contributed by atoms with E-state index in [1.54, 1.807) is 17.0 Å². The Hall–Kier alpha value is -3.72. The lowest BCUT2D eigenvalue weighted by Crippen LogP contribution is -2.53. The van der Waals surface area contributed by atoms with E-state index in [-0.39, 0.29) is 10.8 Å². The summed E-state index contributed by atoms with van der Waals surface area (Å²) in [5.74, 6) is -10.2. The van der Waals surface area contributed by atoms with Crippen LogP contribution >= 0.6 is 12.2 Å². The fraction of sp³-hybridized carbons (Fsp3) is 0.391. The Bertz CT molecular complexity index is 1240. The maximum Gasteiger partial charge on any atom is 0.292 e. The van der Waals surface area contributed by atoms with E-state index < -0.39 is 45.4 Å². The minimum Gasteiger partial charge on any atom is -0.491 e. The molecular formula is C23H23F4N5O5S. The molecule has 0 unspecified atom stereocenters. The van der Waals surface area contributed by atoms with Gasteiger partial charge >= 0.3 is 0 Å². The summed E-state index contributed by atoms with van der Waals surface area (Å²) < 4.78 is 66.2. The second kappa shape index (κ2) is 11.3. The van der Waals surface area contributed by atoms with Crippen LogP contribution in [0.5, 0.6) is 5.75 Å². The highest BCUT2D eigenvalue weighted by Crippen LogP contribution is 2.34. The van der Waals surface area contributed by atoms with Gasteiger partial charge in [0, 0.05) is 51.0 Å². The Morgan fingerprint density at radius 3 is 2.16 bits per heavy atom. The van der Waals surface area contributed by atoms with Crippen molar-refractivity contribution in [2.75, 3.05) is 69.4 Å². The molecule has 10 nitrogen and oxygen atoms in total. The molecule has 15 heteroatoms. The van der Waals surface area contributed by atoms with Gasteiger partial charge in [-0.15, -0.1) is 0 Å². The second-order valence-electron chi connectivity index (χ2n) is 8.43. The lowest BCUT2D eigenvalue weighted by Gasteiger charge is -2.37. The topological polar surface area (TPSA) is 100 Å². The van der Waals surface area contributed by atoms with Gasteiger partial charge in [0.15, 0.2) is 22.5 Å². The number of anilines is 2. The lowest BCUT2D eigenvalue weighted by molar-refractivity contribution is -0.384. The number of nitrogens with zero attached hydrogens (tertiary/aromatic N) is 4. The number of halogens is 4. The average Bonchev–Trinajstić information content (AvgIpc) is 2.92. The van der Waals surface area contributed by atoms with Gasteiger partial charge in [-0.25, -0.2) is 8.78 Å². The molecule has 0 aliphatic carbocycles. The fourth-order valence-corrected chi connectivity index (χ4v) is 4.59. The maximum absolute atomic E-state index is 14.3. The zero-order chi connectivity index (χ0) is 27.6. The van der Waals surface area contributed by atoms with Gasteiger partial charge in [-0.2, -0.15) is 8.78 Å². The van der Waals surface area contributed by atoms with Crippen LogP contribution < -0.4 is 19.9 Å². The summed E-state index contributed by atoms with van der Waals surface area (Å²) >= 11 is 5.18. The molecule has 0 bridgehead atoms. The van der Waals surface area contributed by atoms with Gasteiger partial charge in [0.1, 0.15) is 11.3 Å². The van der Waals surface area contributed by atoms with Crippen molar-refractivity contribution in [3.63, 3.8) is 0 Å². The summed E-state index contributed by atoms with van der Waals surface area (Å²) in [5.41, 5.74) is -0.226. The summed E-state index contributed by atoms with van der Waals surface area (Å²) in [6.45, 7) is 3.37. The number of ether oxygens (including phenoxy) is 2. The van der Waals surface area contributed by atoms with Crippen LogP contribution in [-0.2, 0) is 4.74 Å². The molecule has 2 heterocycles. The van der Waals surface area contributed by atoms with Crippen molar-refractivity contribution in [3.8, 4) is 5.75 Å². The van der Waals surface area contributed by atoms with E-state index in [2.05, 4.69) is 10.1 Å². The fourth-order valence-electron chi connectivity index (χ4n) is 4.32. The van der Waals surface area contributed by atoms with E-state index in [9.17, 15) is 32.5 Å². The van der Waals surface area contributed by atoms with Gasteiger partial charge in [0.2, 0.25) is 11.6 Å². The summed E-state index contributed by atoms with van der Waals surface area (Å²) in [6.07, 6.45) is 0. The van der Waals surface area contributed by atoms with Crippen molar-refractivity contribution < 1.29 is 36.8 Å². The number of morpholine rings is 1. The predicted molar refractivity (Wildman–Crippen MR) is 133 cm³/mol. The number of methoxy groups -OCH3 is 1. The normalized spacial score (nSPS) is 15.9. The number of amides is 1. The van der Waals surface area contributed by atoms with E-state index in [1.165, 1.54) is 6.07 Å². The van der Waals surface area contributed by atoms with Crippen LogP contribution in [0.25, 0.3) is 0 Å². The molecule has 0 spiro atoms. The van der Waals surface area contributed by atoms with Crippen LogP contribution in [0.2, 0.25) is 0 Å². The number of thiocarbonyl (C=S) groups is 1. The molecule has 0 aromatic heterocycles. The third-order valence-electron chi connectivity index (χ3n) is 6.31. The van der Waals surface area contributed by atoms with Gasteiger partial charge < -0.3 is 24.2 Å². The minimum atomic E-state index is -1.90. The van der Waals surface area contributed by atoms with Crippen LogP contribution in [0.4, 0.5) is 34.6 Å². The number of nitro groups is 1. The summed E-state index contributed by atoms with van der Waals surface area (Å²) in [5, 5.41) is 13.5.